The molecule has 2 aromatic carbocycles. The van der Waals surface area contributed by atoms with Gasteiger partial charge in [-0.05, 0) is 29.0 Å². The number of benzene rings is 2. The van der Waals surface area contributed by atoms with Crippen molar-refractivity contribution in [1.29, 1.82) is 0 Å². The smallest absolute Gasteiger partial charge is 0.104 e. The lowest BCUT2D eigenvalue weighted by Crippen LogP contribution is -2.10. The lowest BCUT2D eigenvalue weighted by atomic mass is 10.0. The van der Waals surface area contributed by atoms with Crippen LogP contribution in [0.5, 0.6) is 0 Å². The molecular formula is C16H14N2S2. The van der Waals surface area contributed by atoms with Crippen molar-refractivity contribution < 1.29 is 0 Å². The summed E-state index contributed by atoms with van der Waals surface area (Å²) in [5.41, 5.74) is 7.83. The zero-order valence-electron chi connectivity index (χ0n) is 10.8. The minimum absolute atomic E-state index is 0.436. The van der Waals surface area contributed by atoms with Crippen LogP contribution in [0.2, 0.25) is 0 Å². The van der Waals surface area contributed by atoms with Gasteiger partial charge >= 0.3 is 0 Å². The predicted molar refractivity (Wildman–Crippen MR) is 91.5 cm³/mol. The first-order chi connectivity index (χ1) is 9.75. The quantitative estimate of drug-likeness (QED) is 0.711. The van der Waals surface area contributed by atoms with Gasteiger partial charge in [-0.25, -0.2) is 0 Å². The van der Waals surface area contributed by atoms with E-state index >= 15 is 0 Å². The lowest BCUT2D eigenvalue weighted by Gasteiger charge is -2.12. The number of fused-ring (bicyclic) bond motifs is 1. The molecule has 2 nitrogen and oxygen atoms in total. The molecule has 0 saturated carbocycles. The van der Waals surface area contributed by atoms with E-state index in [1.165, 1.54) is 4.88 Å². The maximum absolute atomic E-state index is 5.79. The summed E-state index contributed by atoms with van der Waals surface area (Å²) >= 11 is 6.87. The summed E-state index contributed by atoms with van der Waals surface area (Å²) in [5, 5.41) is 7.81. The summed E-state index contributed by atoms with van der Waals surface area (Å²) in [6, 6.07) is 16.4. The summed E-state index contributed by atoms with van der Waals surface area (Å²) in [4.78, 5) is 1.75. The summed E-state index contributed by atoms with van der Waals surface area (Å²) < 4.78 is 0. The minimum atomic E-state index is 0.436. The number of rotatable bonds is 4. The van der Waals surface area contributed by atoms with Gasteiger partial charge in [-0.3, -0.25) is 0 Å². The van der Waals surface area contributed by atoms with Crippen LogP contribution in [0, 0.1) is 0 Å². The Morgan fingerprint density at radius 2 is 1.85 bits per heavy atom. The molecule has 3 rings (SSSR count). The van der Waals surface area contributed by atoms with Crippen LogP contribution in [0.4, 0.5) is 5.69 Å². The van der Waals surface area contributed by atoms with E-state index < -0.39 is 0 Å². The van der Waals surface area contributed by atoms with Crippen LogP contribution < -0.4 is 11.1 Å². The second-order valence-electron chi connectivity index (χ2n) is 4.50. The highest BCUT2D eigenvalue weighted by atomic mass is 32.1. The first kappa shape index (κ1) is 13.1. The van der Waals surface area contributed by atoms with Crippen molar-refractivity contribution in [1.82, 2.24) is 0 Å². The van der Waals surface area contributed by atoms with Crippen LogP contribution >= 0.6 is 23.6 Å². The van der Waals surface area contributed by atoms with Gasteiger partial charge in [-0.1, -0.05) is 42.5 Å². The van der Waals surface area contributed by atoms with E-state index in [9.17, 15) is 0 Å². The van der Waals surface area contributed by atoms with Crippen LogP contribution in [0.3, 0.4) is 0 Å². The van der Waals surface area contributed by atoms with Gasteiger partial charge in [0.2, 0.25) is 0 Å². The Labute approximate surface area is 127 Å². The molecule has 3 aromatic rings. The molecule has 0 bridgehead atoms. The van der Waals surface area contributed by atoms with E-state index in [4.69, 9.17) is 18.0 Å². The molecule has 0 unspecified atom stereocenters. The minimum Gasteiger partial charge on any atom is -0.389 e. The molecule has 3 N–H and O–H groups in total. The molecule has 0 aliphatic carbocycles. The molecule has 0 atom stereocenters. The SMILES string of the molecule is NC(=S)c1ccc(NCc2cccs2)c2ccccc12. The zero-order chi connectivity index (χ0) is 13.9. The summed E-state index contributed by atoms with van der Waals surface area (Å²) in [5.74, 6) is 0. The highest BCUT2D eigenvalue weighted by Crippen LogP contribution is 2.27. The molecule has 0 saturated heterocycles. The van der Waals surface area contributed by atoms with Crippen LogP contribution in [0.15, 0.2) is 53.9 Å². The normalized spacial score (nSPS) is 10.6. The van der Waals surface area contributed by atoms with E-state index in [1.54, 1.807) is 11.3 Å². The van der Waals surface area contributed by atoms with E-state index in [-0.39, 0.29) is 0 Å². The van der Waals surface area contributed by atoms with Crippen molar-refractivity contribution in [3.8, 4) is 0 Å². The molecule has 0 spiro atoms. The van der Waals surface area contributed by atoms with Crippen LogP contribution in [0.1, 0.15) is 10.4 Å². The number of anilines is 1. The lowest BCUT2D eigenvalue weighted by molar-refractivity contribution is 1.20. The van der Waals surface area contributed by atoms with Crippen molar-refractivity contribution in [3.63, 3.8) is 0 Å². The maximum Gasteiger partial charge on any atom is 0.104 e. The summed E-state index contributed by atoms with van der Waals surface area (Å²) in [6.45, 7) is 0.827. The largest absolute Gasteiger partial charge is 0.389 e. The summed E-state index contributed by atoms with van der Waals surface area (Å²) in [6.07, 6.45) is 0. The van der Waals surface area contributed by atoms with Crippen molar-refractivity contribution >= 4 is 45.0 Å². The highest BCUT2D eigenvalue weighted by Gasteiger charge is 2.07. The van der Waals surface area contributed by atoms with Gasteiger partial charge < -0.3 is 11.1 Å². The van der Waals surface area contributed by atoms with Gasteiger partial charge in [0.1, 0.15) is 4.99 Å². The van der Waals surface area contributed by atoms with E-state index in [1.807, 2.05) is 24.3 Å². The molecule has 1 aromatic heterocycles. The van der Waals surface area contributed by atoms with Gasteiger partial charge in [-0.15, -0.1) is 11.3 Å². The molecular weight excluding hydrogens is 284 g/mol. The van der Waals surface area contributed by atoms with Gasteiger partial charge in [0.25, 0.3) is 0 Å². The predicted octanol–water partition coefficient (Wildman–Crippen LogP) is 4.15. The Hall–Kier alpha value is -1.91. The third kappa shape index (κ3) is 2.53. The maximum atomic E-state index is 5.79. The highest BCUT2D eigenvalue weighted by molar-refractivity contribution is 7.80. The fraction of sp³-hybridized carbons (Fsp3) is 0.0625. The van der Waals surface area contributed by atoms with Crippen molar-refractivity contribution in [3.05, 3.63) is 64.4 Å². The monoisotopic (exact) mass is 298 g/mol. The number of thiocarbonyl (C=S) groups is 1. The van der Waals surface area contributed by atoms with E-state index in [0.717, 1.165) is 28.6 Å². The van der Waals surface area contributed by atoms with Gasteiger partial charge in [0.05, 0.1) is 0 Å². The van der Waals surface area contributed by atoms with Gasteiger partial charge in [0.15, 0.2) is 0 Å². The van der Waals surface area contributed by atoms with Crippen molar-refractivity contribution in [2.75, 3.05) is 5.32 Å². The van der Waals surface area contributed by atoms with Gasteiger partial charge in [-0.2, -0.15) is 0 Å². The Kier molecular flexibility index (Phi) is 3.67. The van der Waals surface area contributed by atoms with Gasteiger partial charge in [0, 0.05) is 28.1 Å². The third-order valence-corrected chi connectivity index (χ3v) is 4.32. The average molecular weight is 298 g/mol. The van der Waals surface area contributed by atoms with Crippen LogP contribution in [0.25, 0.3) is 10.8 Å². The molecule has 0 amide bonds. The Balaban J connectivity index is 1.99. The molecule has 1 heterocycles. The Bertz CT molecular complexity index is 748. The number of nitrogens with one attached hydrogen (secondary N) is 1. The zero-order valence-corrected chi connectivity index (χ0v) is 12.4. The fourth-order valence-electron chi connectivity index (χ4n) is 2.26. The molecule has 0 fully saturated rings. The number of nitrogens with two attached hydrogens (primary N) is 1. The molecule has 0 aliphatic heterocycles. The Morgan fingerprint density at radius 1 is 1.05 bits per heavy atom. The second-order valence-corrected chi connectivity index (χ2v) is 5.98. The Morgan fingerprint density at radius 3 is 2.55 bits per heavy atom. The standard InChI is InChI=1S/C16H14N2S2/c17-16(19)14-7-8-15(13-6-2-1-5-12(13)14)18-10-11-4-3-9-20-11/h1-9,18H,10H2,(H2,17,19). The number of hydrogen-bond acceptors (Lipinski definition) is 3. The molecule has 0 radical (unpaired) electrons. The third-order valence-electron chi connectivity index (χ3n) is 3.22. The van der Waals surface area contributed by atoms with E-state index in [0.29, 0.717) is 4.99 Å². The van der Waals surface area contributed by atoms with Crippen molar-refractivity contribution in [2.24, 2.45) is 5.73 Å². The molecule has 20 heavy (non-hydrogen) atoms. The summed E-state index contributed by atoms with van der Waals surface area (Å²) in [7, 11) is 0. The molecule has 100 valence electrons. The van der Waals surface area contributed by atoms with Crippen LogP contribution in [-0.2, 0) is 6.54 Å². The fourth-order valence-corrected chi connectivity index (χ4v) is 3.09. The average Bonchev–Trinajstić information content (AvgIpc) is 2.97. The number of thiophene rings is 1. The first-order valence-corrected chi connectivity index (χ1v) is 7.62. The number of hydrogen-bond donors (Lipinski definition) is 2. The van der Waals surface area contributed by atoms with Crippen molar-refractivity contribution in [2.45, 2.75) is 6.54 Å². The molecule has 4 heteroatoms. The van der Waals surface area contributed by atoms with E-state index in [2.05, 4.69) is 35.0 Å². The molecule has 0 aliphatic rings. The van der Waals surface area contributed by atoms with Crippen LogP contribution in [-0.4, -0.2) is 4.99 Å². The first-order valence-electron chi connectivity index (χ1n) is 6.33. The topological polar surface area (TPSA) is 38.0 Å². The second kappa shape index (κ2) is 5.61.